The maximum atomic E-state index is 11.7. The molecule has 1 rings (SSSR count). The Kier molecular flexibility index (Phi) is 7.89. The molecule has 21 heavy (non-hydrogen) atoms. The Labute approximate surface area is 124 Å². The Morgan fingerprint density at radius 1 is 1.24 bits per heavy atom. The van der Waals surface area contributed by atoms with E-state index < -0.39 is 18.1 Å². The maximum Gasteiger partial charge on any atom is 0.408 e. The van der Waals surface area contributed by atoms with Crippen molar-refractivity contribution in [1.29, 1.82) is 0 Å². The summed E-state index contributed by atoms with van der Waals surface area (Å²) in [5.41, 5.74) is 6.30. The Balaban J connectivity index is 2.45. The van der Waals surface area contributed by atoms with E-state index >= 15 is 0 Å². The number of carbonyl (C=O) groups excluding carboxylic acids is 2. The van der Waals surface area contributed by atoms with E-state index in [1.54, 1.807) is 6.92 Å². The molecular formula is C15H22N2O4. The summed E-state index contributed by atoms with van der Waals surface area (Å²) < 4.78 is 9.99. The van der Waals surface area contributed by atoms with Gasteiger partial charge in [-0.05, 0) is 31.9 Å². The fourth-order valence-electron chi connectivity index (χ4n) is 1.72. The number of benzene rings is 1. The largest absolute Gasteiger partial charge is 0.464 e. The van der Waals surface area contributed by atoms with Gasteiger partial charge in [-0.15, -0.1) is 0 Å². The Morgan fingerprint density at radius 2 is 1.95 bits per heavy atom. The van der Waals surface area contributed by atoms with Crippen LogP contribution in [-0.2, 0) is 20.9 Å². The molecule has 6 heteroatoms. The molecular weight excluding hydrogens is 272 g/mol. The smallest absolute Gasteiger partial charge is 0.408 e. The van der Waals surface area contributed by atoms with Crippen LogP contribution >= 0.6 is 0 Å². The third-order valence-corrected chi connectivity index (χ3v) is 2.77. The van der Waals surface area contributed by atoms with Gasteiger partial charge in [0.2, 0.25) is 0 Å². The van der Waals surface area contributed by atoms with Crippen LogP contribution in [0, 0.1) is 0 Å². The summed E-state index contributed by atoms with van der Waals surface area (Å²) in [5, 5.41) is 2.52. The second-order valence-electron chi connectivity index (χ2n) is 4.44. The van der Waals surface area contributed by atoms with E-state index in [2.05, 4.69) is 5.32 Å². The van der Waals surface area contributed by atoms with E-state index in [1.165, 1.54) is 0 Å². The molecule has 0 saturated carbocycles. The van der Waals surface area contributed by atoms with Gasteiger partial charge < -0.3 is 20.5 Å². The lowest BCUT2D eigenvalue weighted by atomic mass is 10.1. The van der Waals surface area contributed by atoms with Crippen molar-refractivity contribution in [3.63, 3.8) is 0 Å². The van der Waals surface area contributed by atoms with Crippen LogP contribution in [0.2, 0.25) is 0 Å². The molecule has 0 aliphatic carbocycles. The molecule has 1 unspecified atom stereocenters. The highest BCUT2D eigenvalue weighted by atomic mass is 16.6. The molecule has 1 aromatic rings. The lowest BCUT2D eigenvalue weighted by Gasteiger charge is -2.16. The number of esters is 1. The van der Waals surface area contributed by atoms with Crippen LogP contribution in [-0.4, -0.2) is 31.3 Å². The second-order valence-corrected chi connectivity index (χ2v) is 4.44. The van der Waals surface area contributed by atoms with Gasteiger partial charge in [0.05, 0.1) is 6.61 Å². The predicted octanol–water partition coefficient (Wildman–Crippen LogP) is 1.58. The van der Waals surface area contributed by atoms with Gasteiger partial charge in [0.15, 0.2) is 0 Å². The average molecular weight is 294 g/mol. The van der Waals surface area contributed by atoms with Crippen molar-refractivity contribution in [2.45, 2.75) is 32.4 Å². The van der Waals surface area contributed by atoms with Crippen molar-refractivity contribution in [3.8, 4) is 0 Å². The number of nitrogens with two attached hydrogens (primary N) is 1. The van der Waals surface area contributed by atoms with Crippen LogP contribution in [0.1, 0.15) is 25.3 Å². The minimum absolute atomic E-state index is 0.152. The summed E-state index contributed by atoms with van der Waals surface area (Å²) in [6.07, 6.45) is 0.395. The predicted molar refractivity (Wildman–Crippen MR) is 78.5 cm³/mol. The van der Waals surface area contributed by atoms with Crippen LogP contribution < -0.4 is 11.1 Å². The first kappa shape index (κ1) is 17.0. The monoisotopic (exact) mass is 294 g/mol. The third kappa shape index (κ3) is 6.76. The Hall–Kier alpha value is -2.08. The van der Waals surface area contributed by atoms with Gasteiger partial charge in [-0.2, -0.15) is 0 Å². The van der Waals surface area contributed by atoms with Crippen molar-refractivity contribution in [2.24, 2.45) is 5.73 Å². The lowest BCUT2D eigenvalue weighted by molar-refractivity contribution is -0.145. The van der Waals surface area contributed by atoms with Crippen LogP contribution in [0.25, 0.3) is 0 Å². The molecule has 1 amide bonds. The van der Waals surface area contributed by atoms with E-state index in [0.717, 1.165) is 5.56 Å². The standard InChI is InChI=1S/C15H22N2O4/c1-2-20-14(18)13(9-6-10-16)17-15(19)21-11-12-7-4-3-5-8-12/h3-5,7-8,13H,2,6,9-11,16H2,1H3,(H,17,19). The number of hydrogen-bond acceptors (Lipinski definition) is 5. The van der Waals surface area contributed by atoms with E-state index in [1.807, 2.05) is 30.3 Å². The molecule has 0 spiro atoms. The van der Waals surface area contributed by atoms with Crippen molar-refractivity contribution in [1.82, 2.24) is 5.32 Å². The van der Waals surface area contributed by atoms with Gasteiger partial charge in [-0.3, -0.25) is 0 Å². The van der Waals surface area contributed by atoms with Crippen LogP contribution in [0.3, 0.4) is 0 Å². The first-order chi connectivity index (χ1) is 10.2. The molecule has 6 nitrogen and oxygen atoms in total. The lowest BCUT2D eigenvalue weighted by Crippen LogP contribution is -2.42. The van der Waals surface area contributed by atoms with Crippen LogP contribution in [0.5, 0.6) is 0 Å². The fraction of sp³-hybridized carbons (Fsp3) is 0.467. The summed E-state index contributed by atoms with van der Waals surface area (Å²) >= 11 is 0. The highest BCUT2D eigenvalue weighted by molar-refractivity contribution is 5.81. The molecule has 3 N–H and O–H groups in total. The molecule has 116 valence electrons. The van der Waals surface area contributed by atoms with Crippen molar-refractivity contribution >= 4 is 12.1 Å². The molecule has 1 aromatic carbocycles. The van der Waals surface area contributed by atoms with Crippen LogP contribution in [0.4, 0.5) is 4.79 Å². The molecule has 1 atom stereocenters. The number of carbonyl (C=O) groups is 2. The first-order valence-corrected chi connectivity index (χ1v) is 7.01. The van der Waals surface area contributed by atoms with E-state index in [0.29, 0.717) is 19.4 Å². The van der Waals surface area contributed by atoms with Gasteiger partial charge in [0, 0.05) is 0 Å². The second kappa shape index (κ2) is 9.77. The summed E-state index contributed by atoms with van der Waals surface area (Å²) in [4.78, 5) is 23.5. The third-order valence-electron chi connectivity index (χ3n) is 2.77. The average Bonchev–Trinajstić information content (AvgIpc) is 2.50. The van der Waals surface area contributed by atoms with Crippen LogP contribution in [0.15, 0.2) is 30.3 Å². The molecule has 0 aliphatic heterocycles. The van der Waals surface area contributed by atoms with Gasteiger partial charge >= 0.3 is 12.1 Å². The van der Waals surface area contributed by atoms with Crippen molar-refractivity contribution < 1.29 is 19.1 Å². The van der Waals surface area contributed by atoms with Crippen molar-refractivity contribution in [2.75, 3.05) is 13.2 Å². The van der Waals surface area contributed by atoms with E-state index in [-0.39, 0.29) is 13.2 Å². The highest BCUT2D eigenvalue weighted by Gasteiger charge is 2.22. The summed E-state index contributed by atoms with van der Waals surface area (Å²) in [7, 11) is 0. The zero-order valence-corrected chi connectivity index (χ0v) is 12.2. The highest BCUT2D eigenvalue weighted by Crippen LogP contribution is 2.03. The Bertz CT molecular complexity index is 437. The molecule has 0 aliphatic rings. The molecule has 0 fully saturated rings. The normalized spacial score (nSPS) is 11.5. The number of ether oxygens (including phenoxy) is 2. The van der Waals surface area contributed by atoms with Crippen molar-refractivity contribution in [3.05, 3.63) is 35.9 Å². The van der Waals surface area contributed by atoms with Gasteiger partial charge in [-0.25, -0.2) is 9.59 Å². The van der Waals surface area contributed by atoms with E-state index in [4.69, 9.17) is 15.2 Å². The number of rotatable bonds is 8. The number of alkyl carbamates (subject to hydrolysis) is 1. The van der Waals surface area contributed by atoms with Gasteiger partial charge in [-0.1, -0.05) is 30.3 Å². The molecule has 0 saturated heterocycles. The molecule has 0 heterocycles. The Morgan fingerprint density at radius 3 is 2.57 bits per heavy atom. The number of hydrogen-bond donors (Lipinski definition) is 2. The number of amides is 1. The first-order valence-electron chi connectivity index (χ1n) is 7.01. The summed E-state index contributed by atoms with van der Waals surface area (Å²) in [6.45, 7) is 2.57. The topological polar surface area (TPSA) is 90.6 Å². The summed E-state index contributed by atoms with van der Waals surface area (Å²) in [6, 6.07) is 8.58. The molecule has 0 bridgehead atoms. The minimum atomic E-state index is -0.725. The molecule has 0 aromatic heterocycles. The van der Waals surface area contributed by atoms with Gasteiger partial charge in [0.25, 0.3) is 0 Å². The zero-order chi connectivity index (χ0) is 15.5. The number of nitrogens with one attached hydrogen (secondary N) is 1. The maximum absolute atomic E-state index is 11.7. The molecule has 0 radical (unpaired) electrons. The fourth-order valence-corrected chi connectivity index (χ4v) is 1.72. The van der Waals surface area contributed by atoms with Gasteiger partial charge in [0.1, 0.15) is 12.6 Å². The minimum Gasteiger partial charge on any atom is -0.464 e. The van der Waals surface area contributed by atoms with E-state index in [9.17, 15) is 9.59 Å². The zero-order valence-electron chi connectivity index (χ0n) is 12.2. The summed E-state index contributed by atoms with van der Waals surface area (Å²) in [5.74, 6) is -0.470. The SMILES string of the molecule is CCOC(=O)C(CCCN)NC(=O)OCc1ccccc1. The quantitative estimate of drug-likeness (QED) is 0.710.